The number of nitrogens with zero attached hydrogens (tertiary/aromatic N) is 1. The van der Waals surface area contributed by atoms with Crippen LogP contribution in [-0.4, -0.2) is 34.8 Å². The summed E-state index contributed by atoms with van der Waals surface area (Å²) in [6.07, 6.45) is 2.78. The van der Waals surface area contributed by atoms with Crippen LogP contribution in [0.15, 0.2) is 29.7 Å². The number of aromatic nitrogens is 1. The average Bonchev–Trinajstić information content (AvgIpc) is 2.44. The Labute approximate surface area is 117 Å². The van der Waals surface area contributed by atoms with E-state index >= 15 is 0 Å². The second-order valence-electron chi connectivity index (χ2n) is 4.36. The van der Waals surface area contributed by atoms with Gasteiger partial charge in [0, 0.05) is 24.8 Å². The van der Waals surface area contributed by atoms with Crippen LogP contribution in [-0.2, 0) is 16.1 Å². The van der Waals surface area contributed by atoms with Crippen molar-refractivity contribution in [2.45, 2.75) is 20.4 Å². The van der Waals surface area contributed by atoms with Gasteiger partial charge in [-0.2, -0.15) is 0 Å². The highest BCUT2D eigenvalue weighted by molar-refractivity contribution is 5.90. The molecule has 6 nitrogen and oxygen atoms in total. The fourth-order valence-corrected chi connectivity index (χ4v) is 1.68. The Hall–Kier alpha value is -2.37. The summed E-state index contributed by atoms with van der Waals surface area (Å²) in [7, 11) is 0. The number of amides is 2. The number of pyridine rings is 1. The van der Waals surface area contributed by atoms with E-state index in [9.17, 15) is 14.4 Å². The van der Waals surface area contributed by atoms with Gasteiger partial charge in [0.2, 0.25) is 11.8 Å². The zero-order valence-electron chi connectivity index (χ0n) is 11.7. The third kappa shape index (κ3) is 4.38. The molecule has 2 amide bonds. The number of aryl methyl sites for hydroxylation is 1. The van der Waals surface area contributed by atoms with Gasteiger partial charge in [0.25, 0.3) is 5.56 Å². The molecule has 0 aliphatic heterocycles. The first kappa shape index (κ1) is 15.7. The molecular weight excluding hydrogens is 258 g/mol. The number of carbonyl (C=O) groups is 2. The maximum atomic E-state index is 11.8. The van der Waals surface area contributed by atoms with Gasteiger partial charge in [-0.05, 0) is 31.6 Å². The van der Waals surface area contributed by atoms with Crippen molar-refractivity contribution in [1.29, 1.82) is 0 Å². The molecule has 0 saturated carbocycles. The Bertz CT molecular complexity index is 563. The maximum Gasteiger partial charge on any atom is 0.252 e. The molecule has 20 heavy (non-hydrogen) atoms. The number of aromatic amines is 1. The molecule has 0 unspecified atom stereocenters. The van der Waals surface area contributed by atoms with Crippen LogP contribution < -0.4 is 10.9 Å². The summed E-state index contributed by atoms with van der Waals surface area (Å²) in [5, 5.41) is 2.62. The lowest BCUT2D eigenvalue weighted by atomic mass is 10.2. The molecule has 1 aromatic rings. The van der Waals surface area contributed by atoms with E-state index < -0.39 is 0 Å². The van der Waals surface area contributed by atoms with E-state index in [1.165, 1.54) is 11.0 Å². The van der Waals surface area contributed by atoms with Gasteiger partial charge in [0.1, 0.15) is 0 Å². The lowest BCUT2D eigenvalue weighted by molar-refractivity contribution is -0.132. The highest BCUT2D eigenvalue weighted by Crippen LogP contribution is 1.96. The lowest BCUT2D eigenvalue weighted by Crippen LogP contribution is -2.40. The first-order valence-corrected chi connectivity index (χ1v) is 6.34. The van der Waals surface area contributed by atoms with Gasteiger partial charge >= 0.3 is 0 Å². The fraction of sp³-hybridized carbons (Fsp3) is 0.357. The summed E-state index contributed by atoms with van der Waals surface area (Å²) >= 11 is 0. The molecule has 1 rings (SSSR count). The smallest absolute Gasteiger partial charge is 0.252 e. The molecule has 6 heteroatoms. The SMILES string of the molecule is C=CC(=O)N(CC)CC(=O)NCc1cc(C)c[nH]c1=O. The highest BCUT2D eigenvalue weighted by atomic mass is 16.2. The standard InChI is InChI=1S/C14H19N3O3/c1-4-13(19)17(5-2)9-12(18)15-8-11-6-10(3)7-16-14(11)20/h4,6-7H,1,5,8-9H2,2-3H3,(H,15,18)(H,16,20). The predicted molar refractivity (Wildman–Crippen MR) is 76.1 cm³/mol. The van der Waals surface area contributed by atoms with Crippen LogP contribution in [0.1, 0.15) is 18.1 Å². The molecule has 0 aliphatic carbocycles. The van der Waals surface area contributed by atoms with Crippen LogP contribution in [0.3, 0.4) is 0 Å². The van der Waals surface area contributed by atoms with E-state index in [1.54, 1.807) is 19.2 Å². The van der Waals surface area contributed by atoms with E-state index in [-0.39, 0.29) is 30.5 Å². The van der Waals surface area contributed by atoms with Gasteiger partial charge in [-0.25, -0.2) is 0 Å². The van der Waals surface area contributed by atoms with Gasteiger partial charge in [0.15, 0.2) is 0 Å². The number of rotatable bonds is 6. The van der Waals surface area contributed by atoms with Crippen LogP contribution >= 0.6 is 0 Å². The van der Waals surface area contributed by atoms with E-state index in [0.717, 1.165) is 5.56 Å². The first-order chi connectivity index (χ1) is 9.47. The van der Waals surface area contributed by atoms with Crippen molar-refractivity contribution in [3.63, 3.8) is 0 Å². The average molecular weight is 277 g/mol. The van der Waals surface area contributed by atoms with E-state index in [1.807, 2.05) is 6.92 Å². The summed E-state index contributed by atoms with van der Waals surface area (Å²) in [5.41, 5.74) is 1.16. The van der Waals surface area contributed by atoms with Crippen LogP contribution in [0.4, 0.5) is 0 Å². The number of nitrogens with one attached hydrogen (secondary N) is 2. The van der Waals surface area contributed by atoms with Crippen molar-refractivity contribution in [3.8, 4) is 0 Å². The summed E-state index contributed by atoms with van der Waals surface area (Å²) in [6.45, 7) is 7.52. The molecule has 0 bridgehead atoms. The third-order valence-corrected chi connectivity index (χ3v) is 2.80. The minimum absolute atomic E-state index is 0.0505. The molecular formula is C14H19N3O3. The van der Waals surface area contributed by atoms with Crippen molar-refractivity contribution in [2.24, 2.45) is 0 Å². The van der Waals surface area contributed by atoms with Gasteiger partial charge in [-0.15, -0.1) is 0 Å². The molecule has 1 heterocycles. The van der Waals surface area contributed by atoms with Crippen molar-refractivity contribution in [3.05, 3.63) is 46.4 Å². The Balaban J connectivity index is 2.59. The quantitative estimate of drug-likeness (QED) is 0.735. The number of carbonyl (C=O) groups excluding carboxylic acids is 2. The second-order valence-corrected chi connectivity index (χ2v) is 4.36. The normalized spacial score (nSPS) is 9.90. The minimum Gasteiger partial charge on any atom is -0.350 e. The van der Waals surface area contributed by atoms with Gasteiger partial charge in [-0.3, -0.25) is 14.4 Å². The molecule has 0 aliphatic rings. The van der Waals surface area contributed by atoms with E-state index in [0.29, 0.717) is 12.1 Å². The number of likely N-dealkylation sites (N-methyl/N-ethyl adjacent to an activating group) is 1. The van der Waals surface area contributed by atoms with Gasteiger partial charge in [-0.1, -0.05) is 6.58 Å². The molecule has 1 aromatic heterocycles. The minimum atomic E-state index is -0.317. The van der Waals surface area contributed by atoms with Crippen molar-refractivity contribution in [1.82, 2.24) is 15.2 Å². The Morgan fingerprint density at radius 2 is 2.20 bits per heavy atom. The third-order valence-electron chi connectivity index (χ3n) is 2.80. The Morgan fingerprint density at radius 1 is 1.50 bits per heavy atom. The lowest BCUT2D eigenvalue weighted by Gasteiger charge is -2.18. The van der Waals surface area contributed by atoms with Crippen LogP contribution in [0.5, 0.6) is 0 Å². The van der Waals surface area contributed by atoms with Gasteiger partial charge in [0.05, 0.1) is 6.54 Å². The molecule has 108 valence electrons. The summed E-state index contributed by atoms with van der Waals surface area (Å²) in [6, 6.07) is 1.71. The van der Waals surface area contributed by atoms with Crippen LogP contribution in [0, 0.1) is 6.92 Å². The highest BCUT2D eigenvalue weighted by Gasteiger charge is 2.12. The summed E-state index contributed by atoms with van der Waals surface area (Å²) in [5.74, 6) is -0.612. The number of hydrogen-bond acceptors (Lipinski definition) is 3. The molecule has 0 fully saturated rings. The largest absolute Gasteiger partial charge is 0.350 e. The maximum absolute atomic E-state index is 11.8. The monoisotopic (exact) mass is 277 g/mol. The fourth-order valence-electron chi connectivity index (χ4n) is 1.68. The number of hydrogen-bond donors (Lipinski definition) is 2. The van der Waals surface area contributed by atoms with E-state index in [4.69, 9.17) is 0 Å². The van der Waals surface area contributed by atoms with Crippen molar-refractivity contribution in [2.75, 3.05) is 13.1 Å². The van der Waals surface area contributed by atoms with Gasteiger partial charge < -0.3 is 15.2 Å². The Kier molecular flexibility index (Phi) is 5.71. The van der Waals surface area contributed by atoms with Crippen molar-refractivity contribution < 1.29 is 9.59 Å². The second kappa shape index (κ2) is 7.28. The first-order valence-electron chi connectivity index (χ1n) is 6.34. The molecule has 0 spiro atoms. The molecule has 2 N–H and O–H groups in total. The zero-order valence-corrected chi connectivity index (χ0v) is 11.7. The topological polar surface area (TPSA) is 82.3 Å². The van der Waals surface area contributed by atoms with Crippen LogP contribution in [0.25, 0.3) is 0 Å². The predicted octanol–water partition coefficient (Wildman–Crippen LogP) is 0.334. The van der Waals surface area contributed by atoms with Crippen LogP contribution in [0.2, 0.25) is 0 Å². The Morgan fingerprint density at radius 3 is 2.80 bits per heavy atom. The number of H-pyrrole nitrogens is 1. The molecule has 0 saturated heterocycles. The molecule has 0 atom stereocenters. The molecule has 0 radical (unpaired) electrons. The molecule has 0 aromatic carbocycles. The zero-order chi connectivity index (χ0) is 15.1. The van der Waals surface area contributed by atoms with Crippen molar-refractivity contribution >= 4 is 11.8 Å². The van der Waals surface area contributed by atoms with E-state index in [2.05, 4.69) is 16.9 Å². The summed E-state index contributed by atoms with van der Waals surface area (Å²) in [4.78, 5) is 38.7. The summed E-state index contributed by atoms with van der Waals surface area (Å²) < 4.78 is 0.